The zero-order valence-corrected chi connectivity index (χ0v) is 16.7. The van der Waals surface area contributed by atoms with Crippen LogP contribution in [-0.4, -0.2) is 20.2 Å². The summed E-state index contributed by atoms with van der Waals surface area (Å²) in [6.07, 6.45) is 0. The van der Waals surface area contributed by atoms with E-state index in [0.717, 1.165) is 11.1 Å². The van der Waals surface area contributed by atoms with Gasteiger partial charge in [-0.1, -0.05) is 29.8 Å². The lowest BCUT2D eigenvalue weighted by Crippen LogP contribution is -2.31. The summed E-state index contributed by atoms with van der Waals surface area (Å²) in [5.41, 5.74) is 7.95. The van der Waals surface area contributed by atoms with Crippen molar-refractivity contribution in [2.24, 2.45) is 10.7 Å². The number of hydrogen-bond acceptors (Lipinski definition) is 3. The monoisotopic (exact) mass is 461 g/mol. The lowest BCUT2D eigenvalue weighted by molar-refractivity contribution is 0.354. The van der Waals surface area contributed by atoms with Gasteiger partial charge in [-0.05, 0) is 35.4 Å². The molecule has 0 aliphatic carbocycles. The number of ether oxygens (including phenoxy) is 2. The van der Waals surface area contributed by atoms with Crippen molar-refractivity contribution in [1.82, 2.24) is 5.32 Å². The maximum atomic E-state index is 5.88. The van der Waals surface area contributed by atoms with E-state index in [1.807, 2.05) is 42.5 Å². The molecule has 5 nitrogen and oxygen atoms in total. The van der Waals surface area contributed by atoms with Gasteiger partial charge in [0.1, 0.15) is 0 Å². The summed E-state index contributed by atoms with van der Waals surface area (Å²) in [6, 6.07) is 13.2. The average Bonchev–Trinajstić information content (AvgIpc) is 2.59. The van der Waals surface area contributed by atoms with E-state index in [1.165, 1.54) is 0 Å². The Morgan fingerprint density at radius 1 is 1.04 bits per heavy atom. The Morgan fingerprint density at radius 2 is 1.67 bits per heavy atom. The van der Waals surface area contributed by atoms with Crippen LogP contribution >= 0.6 is 35.6 Å². The van der Waals surface area contributed by atoms with Crippen LogP contribution in [0.3, 0.4) is 0 Å². The summed E-state index contributed by atoms with van der Waals surface area (Å²) >= 11 is 5.85. The Kier molecular flexibility index (Phi) is 8.70. The van der Waals surface area contributed by atoms with Crippen LogP contribution < -0.4 is 20.5 Å². The molecule has 0 unspecified atom stereocenters. The minimum atomic E-state index is 0. The van der Waals surface area contributed by atoms with Crippen molar-refractivity contribution in [3.05, 3.63) is 58.6 Å². The summed E-state index contributed by atoms with van der Waals surface area (Å²) in [7, 11) is 3.21. The van der Waals surface area contributed by atoms with Crippen LogP contribution in [0.15, 0.2) is 47.5 Å². The second-order valence-electron chi connectivity index (χ2n) is 4.87. The predicted octanol–water partition coefficient (Wildman–Crippen LogP) is 3.58. The van der Waals surface area contributed by atoms with E-state index in [0.29, 0.717) is 35.6 Å². The molecular formula is C17H21ClIN3O2. The number of nitrogens with one attached hydrogen (secondary N) is 1. The summed E-state index contributed by atoms with van der Waals surface area (Å²) in [5, 5.41) is 3.78. The third-order valence-corrected chi connectivity index (χ3v) is 3.52. The van der Waals surface area contributed by atoms with Crippen LogP contribution in [-0.2, 0) is 13.1 Å². The van der Waals surface area contributed by atoms with Crippen molar-refractivity contribution in [3.63, 3.8) is 0 Å². The van der Waals surface area contributed by atoms with Gasteiger partial charge in [0.05, 0.1) is 20.8 Å². The summed E-state index contributed by atoms with van der Waals surface area (Å²) in [6.45, 7) is 1.05. The first-order chi connectivity index (χ1) is 11.1. The summed E-state index contributed by atoms with van der Waals surface area (Å²) in [4.78, 5) is 4.32. The Bertz CT molecular complexity index is 678. The van der Waals surface area contributed by atoms with Crippen molar-refractivity contribution in [2.75, 3.05) is 14.2 Å². The highest BCUT2D eigenvalue weighted by Gasteiger charge is 2.04. The van der Waals surface area contributed by atoms with Crippen LogP contribution in [0.2, 0.25) is 5.02 Å². The number of nitrogens with two attached hydrogens (primary N) is 1. The Morgan fingerprint density at radius 3 is 2.29 bits per heavy atom. The van der Waals surface area contributed by atoms with Gasteiger partial charge in [-0.2, -0.15) is 0 Å². The molecule has 7 heteroatoms. The molecule has 0 aromatic heterocycles. The van der Waals surface area contributed by atoms with Crippen LogP contribution in [0.5, 0.6) is 11.5 Å². The molecule has 0 atom stereocenters. The fourth-order valence-electron chi connectivity index (χ4n) is 2.01. The van der Waals surface area contributed by atoms with Crippen molar-refractivity contribution in [2.45, 2.75) is 13.1 Å². The maximum absolute atomic E-state index is 5.88. The number of aliphatic imine (C=N–C) groups is 1. The van der Waals surface area contributed by atoms with Gasteiger partial charge in [0.15, 0.2) is 17.5 Å². The molecule has 0 aliphatic rings. The van der Waals surface area contributed by atoms with E-state index in [-0.39, 0.29) is 24.0 Å². The quantitative estimate of drug-likeness (QED) is 0.392. The van der Waals surface area contributed by atoms with E-state index in [4.69, 9.17) is 26.8 Å². The van der Waals surface area contributed by atoms with Gasteiger partial charge in [-0.3, -0.25) is 0 Å². The standard InChI is InChI=1S/C17H20ClN3O2.HI/c1-22-15-8-5-13(9-16(15)23-2)11-21-17(19)20-10-12-3-6-14(18)7-4-12;/h3-9H,10-11H2,1-2H3,(H3,19,20,21);1H. The molecule has 0 radical (unpaired) electrons. The molecule has 3 N–H and O–H groups in total. The number of hydrogen-bond donors (Lipinski definition) is 2. The van der Waals surface area contributed by atoms with Crippen LogP contribution in [0, 0.1) is 0 Å². The van der Waals surface area contributed by atoms with E-state index in [1.54, 1.807) is 14.2 Å². The second-order valence-corrected chi connectivity index (χ2v) is 5.31. The topological polar surface area (TPSA) is 68.9 Å². The van der Waals surface area contributed by atoms with Gasteiger partial charge in [0.2, 0.25) is 0 Å². The van der Waals surface area contributed by atoms with Crippen molar-refractivity contribution >= 4 is 41.5 Å². The van der Waals surface area contributed by atoms with Gasteiger partial charge >= 0.3 is 0 Å². The first-order valence-corrected chi connectivity index (χ1v) is 7.49. The highest BCUT2D eigenvalue weighted by Crippen LogP contribution is 2.27. The van der Waals surface area contributed by atoms with E-state index in [2.05, 4.69) is 10.3 Å². The smallest absolute Gasteiger partial charge is 0.189 e. The molecule has 0 bridgehead atoms. The maximum Gasteiger partial charge on any atom is 0.189 e. The van der Waals surface area contributed by atoms with Crippen LogP contribution in [0.1, 0.15) is 11.1 Å². The largest absolute Gasteiger partial charge is 0.493 e. The van der Waals surface area contributed by atoms with Gasteiger partial charge < -0.3 is 20.5 Å². The number of halogens is 2. The lowest BCUT2D eigenvalue weighted by atomic mass is 10.2. The Balaban J connectivity index is 0.00000288. The van der Waals surface area contributed by atoms with E-state index < -0.39 is 0 Å². The number of guanidine groups is 1. The normalized spacial score (nSPS) is 10.7. The number of rotatable bonds is 6. The fraction of sp³-hybridized carbons (Fsp3) is 0.235. The SMILES string of the molecule is COc1ccc(CN=C(N)NCc2ccc(Cl)cc2)cc1OC.I. The molecule has 2 rings (SSSR count). The predicted molar refractivity (Wildman–Crippen MR) is 109 cm³/mol. The highest BCUT2D eigenvalue weighted by molar-refractivity contribution is 14.0. The average molecular weight is 462 g/mol. The first-order valence-electron chi connectivity index (χ1n) is 7.11. The molecule has 2 aromatic carbocycles. The molecular weight excluding hydrogens is 441 g/mol. The van der Waals surface area contributed by atoms with Gasteiger partial charge in [0.25, 0.3) is 0 Å². The number of nitrogens with zero attached hydrogens (tertiary/aromatic N) is 1. The third-order valence-electron chi connectivity index (χ3n) is 3.27. The van der Waals surface area contributed by atoms with Crippen LogP contribution in [0.25, 0.3) is 0 Å². The third kappa shape index (κ3) is 6.09. The molecule has 0 heterocycles. The molecule has 2 aromatic rings. The zero-order chi connectivity index (χ0) is 16.7. The molecule has 0 fully saturated rings. The van der Waals surface area contributed by atoms with Gasteiger partial charge in [-0.15, -0.1) is 24.0 Å². The van der Waals surface area contributed by atoms with Gasteiger partial charge in [-0.25, -0.2) is 4.99 Å². The van der Waals surface area contributed by atoms with Gasteiger partial charge in [0, 0.05) is 11.6 Å². The fourth-order valence-corrected chi connectivity index (χ4v) is 2.13. The van der Waals surface area contributed by atoms with Crippen molar-refractivity contribution in [3.8, 4) is 11.5 Å². The lowest BCUT2D eigenvalue weighted by Gasteiger charge is -2.09. The number of methoxy groups -OCH3 is 2. The molecule has 0 spiro atoms. The van der Waals surface area contributed by atoms with Crippen LogP contribution in [0.4, 0.5) is 0 Å². The van der Waals surface area contributed by atoms with E-state index >= 15 is 0 Å². The molecule has 0 amide bonds. The molecule has 24 heavy (non-hydrogen) atoms. The van der Waals surface area contributed by atoms with Crippen molar-refractivity contribution < 1.29 is 9.47 Å². The minimum absolute atomic E-state index is 0. The zero-order valence-electron chi connectivity index (χ0n) is 13.6. The molecule has 130 valence electrons. The summed E-state index contributed by atoms with van der Waals surface area (Å²) in [5.74, 6) is 1.75. The number of benzene rings is 2. The molecule has 0 saturated carbocycles. The Hall–Kier alpha value is -1.67. The second kappa shape index (κ2) is 10.2. The first kappa shape index (κ1) is 20.4. The van der Waals surface area contributed by atoms with E-state index in [9.17, 15) is 0 Å². The summed E-state index contributed by atoms with van der Waals surface area (Å²) < 4.78 is 10.5. The van der Waals surface area contributed by atoms with Crippen molar-refractivity contribution in [1.29, 1.82) is 0 Å². The minimum Gasteiger partial charge on any atom is -0.493 e. The Labute approximate surface area is 164 Å². The molecule has 0 saturated heterocycles. The highest BCUT2D eigenvalue weighted by atomic mass is 127. The molecule has 0 aliphatic heterocycles.